The fraction of sp³-hybridized carbons (Fsp3) is 0.364. The number of halogens is 3. The van der Waals surface area contributed by atoms with Gasteiger partial charge in [-0.3, -0.25) is 9.64 Å². The first kappa shape index (κ1) is 12.7. The molecule has 98 valence electrons. The van der Waals surface area contributed by atoms with Crippen molar-refractivity contribution in [1.29, 1.82) is 0 Å². The molecule has 0 N–H and O–H groups in total. The molecule has 1 aromatic carbocycles. The average molecular weight is 260 g/mol. The van der Waals surface area contributed by atoms with Crippen LogP contribution in [0.4, 0.5) is 23.7 Å². The molecule has 0 aliphatic carbocycles. The Morgan fingerprint density at radius 1 is 1.28 bits per heavy atom. The third-order valence-corrected chi connectivity index (χ3v) is 2.55. The van der Waals surface area contributed by atoms with Crippen LogP contribution in [0.2, 0.25) is 0 Å². The summed E-state index contributed by atoms with van der Waals surface area (Å²) < 4.78 is 40.8. The second-order valence-corrected chi connectivity index (χ2v) is 3.89. The Hall–Kier alpha value is -1.76. The minimum absolute atomic E-state index is 0.132. The normalized spacial score (nSPS) is 20.7. The van der Waals surface area contributed by atoms with Gasteiger partial charge in [-0.15, -0.1) is 13.2 Å². The van der Waals surface area contributed by atoms with Crippen LogP contribution in [0.1, 0.15) is 0 Å². The van der Waals surface area contributed by atoms with E-state index in [0.717, 1.165) is 4.90 Å². The van der Waals surface area contributed by atoms with Gasteiger partial charge < -0.3 is 4.90 Å². The molecule has 0 saturated carbocycles. The molecule has 1 aliphatic rings. The summed E-state index contributed by atoms with van der Waals surface area (Å²) in [5.41, 5.74) is 0.376. The number of urea groups is 1. The fourth-order valence-corrected chi connectivity index (χ4v) is 1.81. The molecule has 0 bridgehead atoms. The molecule has 4 nitrogen and oxygen atoms in total. The summed E-state index contributed by atoms with van der Waals surface area (Å²) in [6, 6.07) is 7.61. The van der Waals surface area contributed by atoms with E-state index >= 15 is 0 Å². The average Bonchev–Trinajstić information content (AvgIpc) is 2.53. The molecule has 18 heavy (non-hydrogen) atoms. The van der Waals surface area contributed by atoms with E-state index in [1.54, 1.807) is 30.3 Å². The van der Waals surface area contributed by atoms with Crippen LogP contribution in [0.3, 0.4) is 0 Å². The van der Waals surface area contributed by atoms with E-state index in [4.69, 9.17) is 0 Å². The van der Waals surface area contributed by atoms with Crippen LogP contribution in [-0.4, -0.2) is 37.1 Å². The Morgan fingerprint density at radius 3 is 2.44 bits per heavy atom. The van der Waals surface area contributed by atoms with Crippen molar-refractivity contribution in [3.8, 4) is 0 Å². The maximum Gasteiger partial charge on any atom is 0.524 e. The number of para-hydroxylation sites is 1. The molecule has 1 aromatic rings. The van der Waals surface area contributed by atoms with E-state index in [0.29, 0.717) is 5.69 Å². The van der Waals surface area contributed by atoms with E-state index in [1.807, 2.05) is 0 Å². The third kappa shape index (κ3) is 2.56. The summed E-state index contributed by atoms with van der Waals surface area (Å²) in [6.45, 7) is -0.132. The second-order valence-electron chi connectivity index (χ2n) is 3.89. The van der Waals surface area contributed by atoms with Gasteiger partial charge in [-0.2, -0.15) is 0 Å². The van der Waals surface area contributed by atoms with Crippen molar-refractivity contribution in [2.75, 3.05) is 18.5 Å². The number of benzene rings is 1. The summed E-state index contributed by atoms with van der Waals surface area (Å²) in [5.74, 6) is 0. The van der Waals surface area contributed by atoms with Crippen molar-refractivity contribution in [2.24, 2.45) is 0 Å². The lowest BCUT2D eigenvalue weighted by Gasteiger charge is -2.23. The van der Waals surface area contributed by atoms with Gasteiger partial charge in [0, 0.05) is 12.7 Å². The first-order valence-electron chi connectivity index (χ1n) is 5.22. The Bertz CT molecular complexity index is 436. The van der Waals surface area contributed by atoms with E-state index in [2.05, 4.69) is 4.74 Å². The van der Waals surface area contributed by atoms with Crippen molar-refractivity contribution in [3.63, 3.8) is 0 Å². The van der Waals surface area contributed by atoms with Crippen molar-refractivity contribution in [1.82, 2.24) is 4.90 Å². The lowest BCUT2D eigenvalue weighted by molar-refractivity contribution is -0.339. The Labute approximate surface area is 102 Å². The van der Waals surface area contributed by atoms with Gasteiger partial charge >= 0.3 is 12.4 Å². The quantitative estimate of drug-likeness (QED) is 0.818. The molecule has 2 rings (SSSR count). The van der Waals surface area contributed by atoms with Crippen molar-refractivity contribution < 1.29 is 22.7 Å². The first-order chi connectivity index (χ1) is 8.38. The fourth-order valence-electron chi connectivity index (χ4n) is 1.81. The summed E-state index contributed by atoms with van der Waals surface area (Å²) in [5, 5.41) is 0. The topological polar surface area (TPSA) is 32.8 Å². The summed E-state index contributed by atoms with van der Waals surface area (Å²) >= 11 is 0. The number of rotatable bonds is 2. The molecule has 0 radical (unpaired) electrons. The lowest BCUT2D eigenvalue weighted by Crippen LogP contribution is -2.39. The monoisotopic (exact) mass is 260 g/mol. The van der Waals surface area contributed by atoms with Crippen LogP contribution < -0.4 is 4.90 Å². The van der Waals surface area contributed by atoms with Crippen LogP contribution in [0.15, 0.2) is 30.3 Å². The molecule has 1 fully saturated rings. The van der Waals surface area contributed by atoms with Crippen LogP contribution in [0.5, 0.6) is 0 Å². The molecule has 2 amide bonds. The molecule has 1 saturated heterocycles. The molecule has 1 unspecified atom stereocenters. The van der Waals surface area contributed by atoms with Crippen molar-refractivity contribution in [2.45, 2.75) is 12.6 Å². The molecule has 1 aliphatic heterocycles. The van der Waals surface area contributed by atoms with E-state index in [9.17, 15) is 18.0 Å². The largest absolute Gasteiger partial charge is 0.524 e. The number of anilines is 1. The van der Waals surface area contributed by atoms with Crippen LogP contribution in [-0.2, 0) is 4.74 Å². The molecule has 0 spiro atoms. The van der Waals surface area contributed by atoms with E-state index < -0.39 is 18.6 Å². The van der Waals surface area contributed by atoms with Gasteiger partial charge in [0.25, 0.3) is 0 Å². The minimum Gasteiger partial charge on any atom is -0.323 e. The highest BCUT2D eigenvalue weighted by atomic mass is 19.4. The molecular formula is C11H11F3N2O2. The smallest absolute Gasteiger partial charge is 0.323 e. The predicted molar refractivity (Wildman–Crippen MR) is 57.9 cm³/mol. The zero-order valence-electron chi connectivity index (χ0n) is 9.52. The van der Waals surface area contributed by atoms with Crippen molar-refractivity contribution in [3.05, 3.63) is 30.3 Å². The minimum atomic E-state index is -4.77. The Kier molecular flexibility index (Phi) is 3.16. The SMILES string of the molecule is CN1CC(OC(F)(F)F)N(c2ccccc2)C1=O. The maximum atomic E-state index is 12.3. The predicted octanol–water partition coefficient (Wildman–Crippen LogP) is 2.42. The summed E-state index contributed by atoms with van der Waals surface area (Å²) in [4.78, 5) is 14.0. The number of likely N-dealkylation sites (N-methyl/N-ethyl adjacent to an activating group) is 1. The van der Waals surface area contributed by atoms with Gasteiger partial charge in [-0.1, -0.05) is 18.2 Å². The van der Waals surface area contributed by atoms with Gasteiger partial charge in [0.15, 0.2) is 6.23 Å². The lowest BCUT2D eigenvalue weighted by atomic mass is 10.3. The zero-order valence-corrected chi connectivity index (χ0v) is 9.52. The number of alkyl halides is 3. The standard InChI is InChI=1S/C11H11F3N2O2/c1-15-7-9(18-11(12,13)14)16(10(15)17)8-5-3-2-4-6-8/h2-6,9H,7H2,1H3. The molecular weight excluding hydrogens is 249 g/mol. The number of carbonyl (C=O) groups is 1. The van der Waals surface area contributed by atoms with Crippen LogP contribution in [0.25, 0.3) is 0 Å². The molecule has 1 atom stereocenters. The first-order valence-corrected chi connectivity index (χ1v) is 5.22. The molecule has 7 heteroatoms. The molecule has 1 heterocycles. The number of ether oxygens (including phenoxy) is 1. The number of nitrogens with zero attached hydrogens (tertiary/aromatic N) is 2. The Morgan fingerprint density at radius 2 is 1.89 bits per heavy atom. The van der Waals surface area contributed by atoms with Gasteiger partial charge in [-0.05, 0) is 12.1 Å². The second kappa shape index (κ2) is 4.49. The third-order valence-electron chi connectivity index (χ3n) is 2.55. The summed E-state index contributed by atoms with van der Waals surface area (Å²) in [6.07, 6.45) is -6.13. The van der Waals surface area contributed by atoms with Gasteiger partial charge in [0.2, 0.25) is 0 Å². The highest BCUT2D eigenvalue weighted by molar-refractivity contribution is 5.94. The van der Waals surface area contributed by atoms with Crippen molar-refractivity contribution >= 4 is 11.7 Å². The summed E-state index contributed by atoms with van der Waals surface area (Å²) in [7, 11) is 1.43. The molecule has 0 aromatic heterocycles. The van der Waals surface area contributed by atoms with Crippen LogP contribution in [0, 0.1) is 0 Å². The maximum absolute atomic E-state index is 12.3. The van der Waals surface area contributed by atoms with Gasteiger partial charge in [0.05, 0.1) is 6.54 Å². The van der Waals surface area contributed by atoms with E-state index in [1.165, 1.54) is 11.9 Å². The van der Waals surface area contributed by atoms with E-state index in [-0.39, 0.29) is 6.54 Å². The highest BCUT2D eigenvalue weighted by Crippen LogP contribution is 2.29. The highest BCUT2D eigenvalue weighted by Gasteiger charge is 2.44. The van der Waals surface area contributed by atoms with Crippen LogP contribution >= 0.6 is 0 Å². The zero-order chi connectivity index (χ0) is 13.3. The number of amides is 2. The number of carbonyl (C=O) groups excluding carboxylic acids is 1. The Balaban J connectivity index is 2.26. The van der Waals surface area contributed by atoms with Gasteiger partial charge in [0.1, 0.15) is 0 Å². The van der Waals surface area contributed by atoms with Gasteiger partial charge in [-0.25, -0.2) is 4.79 Å². The number of hydrogen-bond donors (Lipinski definition) is 0. The number of hydrogen-bond acceptors (Lipinski definition) is 2.